The van der Waals surface area contributed by atoms with E-state index in [1.807, 2.05) is 26.8 Å². The maximum Gasteiger partial charge on any atom is 0.260 e. The molecule has 6 heteroatoms. The van der Waals surface area contributed by atoms with Crippen LogP contribution in [-0.4, -0.2) is 33.3 Å². The third-order valence-corrected chi connectivity index (χ3v) is 6.70. The van der Waals surface area contributed by atoms with Gasteiger partial charge in [0.15, 0.2) is 0 Å². The van der Waals surface area contributed by atoms with E-state index in [1.165, 1.54) is 29.3 Å². The summed E-state index contributed by atoms with van der Waals surface area (Å²) in [6.07, 6.45) is 10.4. The number of phenolic OH excluding ortho intramolecular Hbond substituents is 3. The molecule has 0 fully saturated rings. The number of hydrogen-bond acceptors (Lipinski definition) is 5. The van der Waals surface area contributed by atoms with Crippen molar-refractivity contribution in [2.45, 2.75) is 79.7 Å². The lowest BCUT2D eigenvalue weighted by Gasteiger charge is -2.39. The van der Waals surface area contributed by atoms with E-state index in [2.05, 4.69) is 39.8 Å². The smallest absolute Gasteiger partial charge is 0.260 e. The Morgan fingerprint density at radius 2 is 1.47 bits per heavy atom. The SMILES string of the molecule is CC(C)=CCCC(C)=CCCC(C)=CCN1C(=O)c2cccc(O)c2N(C(C)(C)C)c2c(O)cc(O)cc21. The topological polar surface area (TPSA) is 84.2 Å². The van der Waals surface area contributed by atoms with E-state index in [0.29, 0.717) is 22.6 Å². The van der Waals surface area contributed by atoms with Gasteiger partial charge in [0.1, 0.15) is 22.9 Å². The number of anilines is 3. The molecular formula is C32H42N2O4. The summed E-state index contributed by atoms with van der Waals surface area (Å²) in [5.74, 6) is -0.673. The van der Waals surface area contributed by atoms with Crippen LogP contribution < -0.4 is 9.80 Å². The molecule has 3 N–H and O–H groups in total. The fourth-order valence-electron chi connectivity index (χ4n) is 4.77. The number of carbonyl (C=O) groups excluding carboxylic acids is 1. The van der Waals surface area contributed by atoms with Crippen LogP contribution in [0.25, 0.3) is 0 Å². The lowest BCUT2D eigenvalue weighted by Crippen LogP contribution is -2.38. The number of aromatic hydroxyl groups is 3. The Morgan fingerprint density at radius 3 is 2.11 bits per heavy atom. The zero-order valence-corrected chi connectivity index (χ0v) is 23.8. The van der Waals surface area contributed by atoms with Crippen LogP contribution in [0.15, 0.2) is 65.3 Å². The maximum absolute atomic E-state index is 13.9. The molecular weight excluding hydrogens is 476 g/mol. The maximum atomic E-state index is 13.9. The largest absolute Gasteiger partial charge is 0.508 e. The Labute approximate surface area is 227 Å². The van der Waals surface area contributed by atoms with Gasteiger partial charge in [-0.3, -0.25) is 4.79 Å². The molecule has 0 radical (unpaired) electrons. The molecule has 0 bridgehead atoms. The number of hydrogen-bond donors (Lipinski definition) is 3. The molecule has 2 aromatic carbocycles. The molecule has 38 heavy (non-hydrogen) atoms. The molecule has 0 spiro atoms. The highest BCUT2D eigenvalue weighted by Crippen LogP contribution is 2.52. The first kappa shape index (κ1) is 28.9. The van der Waals surface area contributed by atoms with Crippen LogP contribution in [0.3, 0.4) is 0 Å². The Kier molecular flexibility index (Phi) is 8.97. The van der Waals surface area contributed by atoms with E-state index >= 15 is 0 Å². The number of para-hydroxylation sites is 1. The second-order valence-corrected chi connectivity index (χ2v) is 11.4. The molecule has 1 amide bonds. The molecule has 1 aliphatic heterocycles. The minimum atomic E-state index is -0.603. The van der Waals surface area contributed by atoms with Gasteiger partial charge >= 0.3 is 0 Å². The predicted molar refractivity (Wildman–Crippen MR) is 157 cm³/mol. The lowest BCUT2D eigenvalue weighted by molar-refractivity contribution is 0.0990. The van der Waals surface area contributed by atoms with Gasteiger partial charge in [-0.15, -0.1) is 0 Å². The van der Waals surface area contributed by atoms with Gasteiger partial charge in [-0.05, 0) is 86.3 Å². The molecule has 0 saturated carbocycles. The predicted octanol–water partition coefficient (Wildman–Crippen LogP) is 8.12. The van der Waals surface area contributed by atoms with E-state index in [9.17, 15) is 20.1 Å². The van der Waals surface area contributed by atoms with Crippen LogP contribution in [0, 0.1) is 0 Å². The standard InChI is InChI=1S/C32H42N2O4/c1-21(2)11-8-12-22(3)13-9-14-23(4)17-18-33-26-19-24(35)20-28(37)30(26)34(32(5,6)7)29-25(31(33)38)15-10-16-27(29)36/h10-11,13,15-17,19-20,35-37H,8-9,12,14,18H2,1-7H3. The molecule has 0 unspecified atom stereocenters. The average molecular weight is 519 g/mol. The monoisotopic (exact) mass is 518 g/mol. The quantitative estimate of drug-likeness (QED) is 0.307. The Morgan fingerprint density at radius 1 is 0.842 bits per heavy atom. The number of phenols is 3. The van der Waals surface area contributed by atoms with Crippen molar-refractivity contribution in [3.05, 3.63) is 70.8 Å². The van der Waals surface area contributed by atoms with Crippen molar-refractivity contribution in [1.29, 1.82) is 0 Å². The van der Waals surface area contributed by atoms with Crippen molar-refractivity contribution < 1.29 is 20.1 Å². The number of benzene rings is 2. The van der Waals surface area contributed by atoms with E-state index in [0.717, 1.165) is 31.3 Å². The van der Waals surface area contributed by atoms with E-state index in [1.54, 1.807) is 21.9 Å². The Bertz CT molecular complexity index is 1280. The van der Waals surface area contributed by atoms with Crippen molar-refractivity contribution in [3.8, 4) is 17.2 Å². The number of fused-ring (bicyclic) bond motifs is 2. The number of carbonyl (C=O) groups is 1. The van der Waals surface area contributed by atoms with Crippen molar-refractivity contribution in [1.82, 2.24) is 0 Å². The summed E-state index contributed by atoms with van der Waals surface area (Å²) in [6, 6.07) is 7.63. The molecule has 0 atom stereocenters. The summed E-state index contributed by atoms with van der Waals surface area (Å²) in [6.45, 7) is 14.5. The average Bonchev–Trinajstić information content (AvgIpc) is 2.91. The third-order valence-electron chi connectivity index (χ3n) is 6.70. The summed E-state index contributed by atoms with van der Waals surface area (Å²) in [4.78, 5) is 17.2. The Hall–Kier alpha value is -3.67. The molecule has 1 heterocycles. The second-order valence-electron chi connectivity index (χ2n) is 11.4. The summed E-state index contributed by atoms with van der Waals surface area (Å²) < 4.78 is 0. The van der Waals surface area contributed by atoms with Crippen molar-refractivity contribution >= 4 is 23.0 Å². The van der Waals surface area contributed by atoms with Gasteiger partial charge in [-0.1, -0.05) is 41.0 Å². The molecule has 2 aromatic rings. The fourth-order valence-corrected chi connectivity index (χ4v) is 4.77. The van der Waals surface area contributed by atoms with Crippen LogP contribution in [0.1, 0.15) is 84.5 Å². The third kappa shape index (κ3) is 6.60. The second kappa shape index (κ2) is 11.8. The first-order chi connectivity index (χ1) is 17.8. The van der Waals surface area contributed by atoms with Crippen molar-refractivity contribution in [2.24, 2.45) is 0 Å². The van der Waals surface area contributed by atoms with Gasteiger partial charge in [0.05, 0.1) is 16.9 Å². The fraction of sp³-hybridized carbons (Fsp3) is 0.406. The summed E-state index contributed by atoms with van der Waals surface area (Å²) in [7, 11) is 0. The molecule has 3 rings (SSSR count). The Balaban J connectivity index is 1.96. The molecule has 0 aliphatic carbocycles. The molecule has 204 valence electrons. The van der Waals surface area contributed by atoms with E-state index in [-0.39, 0.29) is 29.7 Å². The van der Waals surface area contributed by atoms with Gasteiger partial charge < -0.3 is 25.1 Å². The zero-order chi connectivity index (χ0) is 28.2. The van der Waals surface area contributed by atoms with Gasteiger partial charge in [0.2, 0.25) is 0 Å². The molecule has 0 saturated heterocycles. The van der Waals surface area contributed by atoms with Crippen molar-refractivity contribution in [3.63, 3.8) is 0 Å². The van der Waals surface area contributed by atoms with E-state index in [4.69, 9.17) is 0 Å². The number of allylic oxidation sites excluding steroid dienone is 5. The van der Waals surface area contributed by atoms with Crippen LogP contribution in [0.4, 0.5) is 17.1 Å². The van der Waals surface area contributed by atoms with Gasteiger partial charge in [0.25, 0.3) is 5.91 Å². The van der Waals surface area contributed by atoms with E-state index < -0.39 is 5.54 Å². The van der Waals surface area contributed by atoms with Crippen LogP contribution >= 0.6 is 0 Å². The molecule has 1 aliphatic rings. The minimum absolute atomic E-state index is 0.0514. The summed E-state index contributed by atoms with van der Waals surface area (Å²) >= 11 is 0. The molecule has 0 aromatic heterocycles. The minimum Gasteiger partial charge on any atom is -0.508 e. The summed E-state index contributed by atoms with van der Waals surface area (Å²) in [5, 5.41) is 32.2. The zero-order valence-electron chi connectivity index (χ0n) is 23.8. The number of nitrogens with zero attached hydrogens (tertiary/aromatic N) is 2. The number of amides is 1. The lowest BCUT2D eigenvalue weighted by atomic mass is 10.00. The van der Waals surface area contributed by atoms with Crippen molar-refractivity contribution in [2.75, 3.05) is 16.3 Å². The molecule has 6 nitrogen and oxygen atoms in total. The highest BCUT2D eigenvalue weighted by Gasteiger charge is 2.39. The van der Waals surface area contributed by atoms with Gasteiger partial charge in [-0.2, -0.15) is 0 Å². The highest BCUT2D eigenvalue weighted by molar-refractivity contribution is 6.15. The highest BCUT2D eigenvalue weighted by atomic mass is 16.3. The number of rotatable bonds is 8. The van der Waals surface area contributed by atoms with Crippen LogP contribution in [0.5, 0.6) is 17.2 Å². The summed E-state index contributed by atoms with van der Waals surface area (Å²) in [5.41, 5.74) is 4.67. The normalized spacial score (nSPS) is 14.2. The van der Waals surface area contributed by atoms with Gasteiger partial charge in [-0.25, -0.2) is 0 Å². The van der Waals surface area contributed by atoms with Crippen LogP contribution in [0.2, 0.25) is 0 Å². The van der Waals surface area contributed by atoms with Gasteiger partial charge in [0, 0.05) is 24.2 Å². The first-order valence-electron chi connectivity index (χ1n) is 13.3. The van der Waals surface area contributed by atoms with Crippen LogP contribution in [-0.2, 0) is 0 Å². The first-order valence-corrected chi connectivity index (χ1v) is 13.3.